The van der Waals surface area contributed by atoms with Crippen LogP contribution in [0, 0.1) is 17.8 Å². The van der Waals surface area contributed by atoms with Crippen LogP contribution in [0.25, 0.3) is 10.9 Å². The van der Waals surface area contributed by atoms with Gasteiger partial charge in [0.15, 0.2) is 0 Å². The van der Waals surface area contributed by atoms with Crippen molar-refractivity contribution in [3.8, 4) is 12.3 Å². The lowest BCUT2D eigenvalue weighted by Gasteiger charge is -2.33. The fraction of sp³-hybridized carbons (Fsp3) is 0.333. The fourth-order valence-electron chi connectivity index (χ4n) is 4.12. The van der Waals surface area contributed by atoms with Crippen LogP contribution >= 0.6 is 11.6 Å². The van der Waals surface area contributed by atoms with Crippen LogP contribution in [-0.4, -0.2) is 40.8 Å². The van der Waals surface area contributed by atoms with E-state index in [1.54, 1.807) is 12.4 Å². The van der Waals surface area contributed by atoms with Crippen molar-refractivity contribution in [2.45, 2.75) is 32.9 Å². The molecule has 186 valence electrons. The Morgan fingerprint density at radius 3 is 2.81 bits per heavy atom. The molecule has 0 aliphatic carbocycles. The molecule has 0 spiro atoms. The number of fused-ring (bicyclic) bond motifs is 1. The number of ether oxygens (including phenoxy) is 1. The van der Waals surface area contributed by atoms with Crippen LogP contribution in [0.5, 0.6) is 0 Å². The molecule has 9 heteroatoms. The van der Waals surface area contributed by atoms with Gasteiger partial charge >= 0.3 is 0 Å². The Labute approximate surface area is 216 Å². The van der Waals surface area contributed by atoms with E-state index in [1.807, 2.05) is 35.5 Å². The zero-order valence-corrected chi connectivity index (χ0v) is 21.4. The minimum atomic E-state index is -0.208. The van der Waals surface area contributed by atoms with Crippen LogP contribution in [-0.2, 0) is 4.74 Å². The summed E-state index contributed by atoms with van der Waals surface area (Å²) in [6, 6.07) is 7.99. The summed E-state index contributed by atoms with van der Waals surface area (Å²) in [4.78, 5) is 8.89. The average Bonchev–Trinajstić information content (AvgIpc) is 3.28. The molecule has 0 saturated carbocycles. The van der Waals surface area contributed by atoms with Gasteiger partial charge in [0.05, 0.1) is 52.8 Å². The number of benzene rings is 1. The first-order valence-electron chi connectivity index (χ1n) is 11.9. The van der Waals surface area contributed by atoms with Gasteiger partial charge < -0.3 is 20.8 Å². The number of rotatable bonds is 7. The van der Waals surface area contributed by atoms with Crippen molar-refractivity contribution in [3.05, 3.63) is 70.9 Å². The van der Waals surface area contributed by atoms with Crippen LogP contribution in [0.2, 0.25) is 5.02 Å². The van der Waals surface area contributed by atoms with Gasteiger partial charge in [-0.15, -0.1) is 12.0 Å². The van der Waals surface area contributed by atoms with Gasteiger partial charge in [-0.3, -0.25) is 15.0 Å². The molecule has 1 saturated heterocycles. The molecule has 1 atom stereocenters. The summed E-state index contributed by atoms with van der Waals surface area (Å²) in [5, 5.41) is 10.6. The Morgan fingerprint density at radius 2 is 2.14 bits per heavy atom. The zero-order valence-electron chi connectivity index (χ0n) is 20.6. The number of hydrogen-bond donors (Lipinski definition) is 4. The standard InChI is InChI=1S/C27H30ClN7O/c1-5-17-12-30-26-21(24(17)31-16-27(2,3)4)9-19(10-22(26)28)32-25(18-7-6-8-29-11-18)23-13-35(34-33-23)20-14-36-15-20/h1,6-13,20,25,32-34H,14-16H2,2-4H3,(H,30,31)/t25-/m0/s1. The summed E-state index contributed by atoms with van der Waals surface area (Å²) in [7, 11) is 0. The number of pyridine rings is 2. The molecule has 2 aliphatic heterocycles. The maximum absolute atomic E-state index is 6.74. The molecule has 4 heterocycles. The maximum atomic E-state index is 6.74. The van der Waals surface area contributed by atoms with Gasteiger partial charge in [-0.1, -0.05) is 44.4 Å². The highest BCUT2D eigenvalue weighted by atomic mass is 35.5. The highest BCUT2D eigenvalue weighted by Crippen LogP contribution is 2.36. The molecular weight excluding hydrogens is 474 g/mol. The van der Waals surface area contributed by atoms with Crippen molar-refractivity contribution in [2.75, 3.05) is 30.4 Å². The zero-order chi connectivity index (χ0) is 25.3. The normalized spacial score (nSPS) is 16.6. The Hall–Kier alpha value is -3.51. The third-order valence-electron chi connectivity index (χ3n) is 6.14. The number of nitrogens with one attached hydrogen (secondary N) is 4. The number of nitrogens with zero attached hydrogens (tertiary/aromatic N) is 3. The van der Waals surface area contributed by atoms with Crippen molar-refractivity contribution in [3.63, 3.8) is 0 Å². The minimum Gasteiger partial charge on any atom is -0.383 e. The average molecular weight is 504 g/mol. The van der Waals surface area contributed by atoms with E-state index in [0.29, 0.717) is 35.4 Å². The molecule has 0 bridgehead atoms. The maximum Gasteiger partial charge on any atom is 0.0959 e. The van der Waals surface area contributed by atoms with E-state index in [-0.39, 0.29) is 11.5 Å². The number of terminal acetylenes is 1. The minimum absolute atomic E-state index is 0.0670. The van der Waals surface area contributed by atoms with E-state index in [0.717, 1.165) is 34.6 Å². The molecule has 0 unspecified atom stereocenters. The molecule has 2 aliphatic rings. The van der Waals surface area contributed by atoms with E-state index in [2.05, 4.69) is 64.5 Å². The van der Waals surface area contributed by atoms with Crippen molar-refractivity contribution in [2.24, 2.45) is 5.41 Å². The second kappa shape index (κ2) is 9.86. The summed E-state index contributed by atoms with van der Waals surface area (Å²) in [6.07, 6.45) is 13.2. The van der Waals surface area contributed by atoms with Gasteiger partial charge in [0.2, 0.25) is 0 Å². The van der Waals surface area contributed by atoms with Gasteiger partial charge in [0, 0.05) is 42.4 Å². The van der Waals surface area contributed by atoms with E-state index in [1.165, 1.54) is 0 Å². The number of anilines is 2. The molecule has 0 radical (unpaired) electrons. The molecule has 5 rings (SSSR count). The third kappa shape index (κ3) is 5.05. The number of hydrazine groups is 2. The van der Waals surface area contributed by atoms with Gasteiger partial charge in [-0.05, 0) is 29.2 Å². The number of aromatic nitrogens is 2. The van der Waals surface area contributed by atoms with Crippen LogP contribution in [0.4, 0.5) is 11.4 Å². The molecule has 36 heavy (non-hydrogen) atoms. The highest BCUT2D eigenvalue weighted by molar-refractivity contribution is 6.35. The summed E-state index contributed by atoms with van der Waals surface area (Å²) in [6.45, 7) is 8.65. The smallest absolute Gasteiger partial charge is 0.0959 e. The number of halogens is 1. The molecule has 0 amide bonds. The van der Waals surface area contributed by atoms with Crippen LogP contribution in [0.1, 0.15) is 37.9 Å². The molecule has 8 nitrogen and oxygen atoms in total. The molecule has 2 aromatic heterocycles. The van der Waals surface area contributed by atoms with Gasteiger partial charge in [-0.25, -0.2) is 0 Å². The topological polar surface area (TPSA) is 86.4 Å². The molecule has 1 fully saturated rings. The lowest BCUT2D eigenvalue weighted by molar-refractivity contribution is -0.0635. The van der Waals surface area contributed by atoms with E-state index < -0.39 is 0 Å². The second-order valence-electron chi connectivity index (χ2n) is 10.2. The summed E-state index contributed by atoms with van der Waals surface area (Å²) in [5.74, 6) is 2.76. The predicted molar refractivity (Wildman–Crippen MR) is 144 cm³/mol. The quantitative estimate of drug-likeness (QED) is 0.352. The predicted octanol–water partition coefficient (Wildman–Crippen LogP) is 4.44. The molecule has 4 N–H and O–H groups in total. The van der Waals surface area contributed by atoms with E-state index in [9.17, 15) is 0 Å². The van der Waals surface area contributed by atoms with Crippen molar-refractivity contribution in [1.29, 1.82) is 0 Å². The Morgan fingerprint density at radius 1 is 1.31 bits per heavy atom. The van der Waals surface area contributed by atoms with Gasteiger partial charge in [0.1, 0.15) is 0 Å². The van der Waals surface area contributed by atoms with Crippen molar-refractivity contribution >= 4 is 33.9 Å². The van der Waals surface area contributed by atoms with E-state index in [4.69, 9.17) is 22.8 Å². The Bertz CT molecular complexity index is 1330. The lowest BCUT2D eigenvalue weighted by atomic mass is 9.96. The van der Waals surface area contributed by atoms with Gasteiger partial charge in [-0.2, -0.15) is 0 Å². The summed E-state index contributed by atoms with van der Waals surface area (Å²) in [5.41, 5.74) is 11.6. The van der Waals surface area contributed by atoms with Crippen LogP contribution in [0.3, 0.4) is 0 Å². The van der Waals surface area contributed by atoms with Crippen molar-refractivity contribution < 1.29 is 4.74 Å². The second-order valence-corrected chi connectivity index (χ2v) is 10.7. The lowest BCUT2D eigenvalue weighted by Crippen LogP contribution is -2.52. The van der Waals surface area contributed by atoms with Gasteiger partial charge in [0.25, 0.3) is 0 Å². The van der Waals surface area contributed by atoms with E-state index >= 15 is 0 Å². The van der Waals surface area contributed by atoms with Crippen molar-refractivity contribution in [1.82, 2.24) is 25.9 Å². The van der Waals surface area contributed by atoms with Crippen LogP contribution in [0.15, 0.2) is 54.8 Å². The first-order chi connectivity index (χ1) is 17.3. The monoisotopic (exact) mass is 503 g/mol. The van der Waals surface area contributed by atoms with Crippen LogP contribution < -0.4 is 21.6 Å². The largest absolute Gasteiger partial charge is 0.383 e. The first kappa shape index (κ1) is 24.2. The SMILES string of the molecule is C#Cc1cnc2c(Cl)cc(N[C@H](C3=CN(C4COC4)NN3)c3cccnc3)cc2c1NCC(C)(C)C. The summed E-state index contributed by atoms with van der Waals surface area (Å²) < 4.78 is 5.34. The Kier molecular flexibility index (Phi) is 6.63. The molecule has 1 aromatic carbocycles. The third-order valence-corrected chi connectivity index (χ3v) is 6.43. The fourth-order valence-corrected chi connectivity index (χ4v) is 4.39. The summed E-state index contributed by atoms with van der Waals surface area (Å²) >= 11 is 6.74. The molecule has 3 aromatic rings. The molecular formula is C27H30ClN7O. The Balaban J connectivity index is 1.53. The number of hydrogen-bond acceptors (Lipinski definition) is 8. The highest BCUT2D eigenvalue weighted by Gasteiger charge is 2.30. The first-order valence-corrected chi connectivity index (χ1v) is 12.3.